The predicted octanol–water partition coefficient (Wildman–Crippen LogP) is 1.03. The molecule has 0 bridgehead atoms. The Morgan fingerprint density at radius 2 is 1.12 bits per heavy atom. The van der Waals surface area contributed by atoms with E-state index in [-0.39, 0.29) is 18.1 Å². The molecule has 6 nitrogen and oxygen atoms in total. The highest BCUT2D eigenvalue weighted by molar-refractivity contribution is 5.74. The van der Waals surface area contributed by atoms with E-state index in [2.05, 4.69) is 16.0 Å². The van der Waals surface area contributed by atoms with Crippen LogP contribution in [0.5, 0.6) is 0 Å². The molecule has 0 unspecified atom stereocenters. The lowest BCUT2D eigenvalue weighted by atomic mass is 9.91. The van der Waals surface area contributed by atoms with Gasteiger partial charge >= 0.3 is 12.1 Å². The van der Waals surface area contributed by atoms with Crippen LogP contribution in [0.3, 0.4) is 0 Å². The third kappa shape index (κ3) is 4.13. The Hall–Kier alpha value is -1.46. The number of nitrogens with one attached hydrogen (secondary N) is 3. The zero-order valence-electron chi connectivity index (χ0n) is 9.74. The number of carbonyl (C=O) groups excluding carboxylic acids is 1. The van der Waals surface area contributed by atoms with Gasteiger partial charge in [-0.2, -0.15) is 0 Å². The second-order valence-electron chi connectivity index (χ2n) is 4.89. The van der Waals surface area contributed by atoms with E-state index in [1.54, 1.807) is 0 Å². The van der Waals surface area contributed by atoms with Crippen molar-refractivity contribution in [2.45, 2.75) is 56.7 Å². The van der Waals surface area contributed by atoms with Gasteiger partial charge in [-0.1, -0.05) is 0 Å². The fourth-order valence-electron chi connectivity index (χ4n) is 2.20. The molecule has 4 N–H and O–H groups in total. The van der Waals surface area contributed by atoms with Crippen LogP contribution in [0.15, 0.2) is 0 Å². The summed E-state index contributed by atoms with van der Waals surface area (Å²) >= 11 is 0. The summed E-state index contributed by atoms with van der Waals surface area (Å²) in [6, 6.07) is 0.514. The number of rotatable bonds is 3. The number of hydrogen-bond donors (Lipinski definition) is 4. The Balaban J connectivity index is 1.64. The van der Waals surface area contributed by atoms with Crippen LogP contribution in [0.2, 0.25) is 0 Å². The van der Waals surface area contributed by atoms with Crippen LogP contribution < -0.4 is 16.0 Å². The Morgan fingerprint density at radius 3 is 1.47 bits per heavy atom. The molecule has 2 saturated carbocycles. The van der Waals surface area contributed by atoms with Gasteiger partial charge in [-0.3, -0.25) is 0 Å². The fraction of sp³-hybridized carbons (Fsp3) is 0.818. The van der Waals surface area contributed by atoms with E-state index < -0.39 is 6.09 Å². The summed E-state index contributed by atoms with van der Waals surface area (Å²) in [7, 11) is 0. The van der Waals surface area contributed by atoms with Gasteiger partial charge in [0.2, 0.25) is 0 Å². The lowest BCUT2D eigenvalue weighted by Gasteiger charge is -2.28. The summed E-state index contributed by atoms with van der Waals surface area (Å²) in [6.07, 6.45) is 4.46. The molecule has 2 fully saturated rings. The average Bonchev–Trinajstić information content (AvgIpc) is 3.04. The normalized spacial score (nSPS) is 28.2. The maximum absolute atomic E-state index is 11.5. The molecule has 0 atom stereocenters. The molecule has 2 rings (SSSR count). The highest BCUT2D eigenvalue weighted by Gasteiger charge is 2.26. The lowest BCUT2D eigenvalue weighted by molar-refractivity contribution is 0.183. The van der Waals surface area contributed by atoms with Crippen molar-refractivity contribution in [1.29, 1.82) is 0 Å². The van der Waals surface area contributed by atoms with Crippen LogP contribution in [0, 0.1) is 0 Å². The van der Waals surface area contributed by atoms with Crippen molar-refractivity contribution in [2.75, 3.05) is 0 Å². The quantitative estimate of drug-likeness (QED) is 0.594. The van der Waals surface area contributed by atoms with E-state index in [9.17, 15) is 9.59 Å². The minimum absolute atomic E-state index is 0.0389. The number of hydrogen-bond acceptors (Lipinski definition) is 2. The molecule has 0 aromatic rings. The standard InChI is InChI=1S/C11H19N3O3/c15-10(12-7-1-2-7)13-8-3-5-9(6-4-8)14-11(16)17/h7-9,14H,1-6H2,(H,16,17)(H2,12,13,15). The van der Waals surface area contributed by atoms with Crippen molar-refractivity contribution in [3.8, 4) is 0 Å². The summed E-state index contributed by atoms with van der Waals surface area (Å²) < 4.78 is 0. The molecule has 6 heteroatoms. The van der Waals surface area contributed by atoms with Crippen LogP contribution in [0.25, 0.3) is 0 Å². The summed E-state index contributed by atoms with van der Waals surface area (Å²) in [5, 5.41) is 16.9. The first-order chi connectivity index (χ1) is 8.13. The van der Waals surface area contributed by atoms with Gasteiger partial charge in [0.1, 0.15) is 0 Å². The van der Waals surface area contributed by atoms with Crippen molar-refractivity contribution in [2.24, 2.45) is 0 Å². The van der Waals surface area contributed by atoms with Gasteiger partial charge in [-0.05, 0) is 38.5 Å². The predicted molar refractivity (Wildman–Crippen MR) is 61.9 cm³/mol. The van der Waals surface area contributed by atoms with Gasteiger partial charge in [0.15, 0.2) is 0 Å². The van der Waals surface area contributed by atoms with Gasteiger partial charge in [0.25, 0.3) is 0 Å². The molecule has 96 valence electrons. The smallest absolute Gasteiger partial charge is 0.404 e. The molecule has 0 spiro atoms. The van der Waals surface area contributed by atoms with Gasteiger partial charge in [-0.25, -0.2) is 9.59 Å². The first-order valence-corrected chi connectivity index (χ1v) is 6.20. The monoisotopic (exact) mass is 241 g/mol. The highest BCUT2D eigenvalue weighted by atomic mass is 16.4. The second-order valence-corrected chi connectivity index (χ2v) is 4.89. The molecule has 2 aliphatic rings. The molecule has 0 aromatic heterocycles. The van der Waals surface area contributed by atoms with Gasteiger partial charge in [-0.15, -0.1) is 0 Å². The Kier molecular flexibility index (Phi) is 3.71. The van der Waals surface area contributed by atoms with Crippen LogP contribution in [0.1, 0.15) is 38.5 Å². The Morgan fingerprint density at radius 1 is 0.765 bits per heavy atom. The molecule has 0 aliphatic heterocycles. The Bertz CT molecular complexity index is 296. The van der Waals surface area contributed by atoms with Crippen molar-refractivity contribution in [3.05, 3.63) is 0 Å². The first-order valence-electron chi connectivity index (χ1n) is 6.20. The van der Waals surface area contributed by atoms with E-state index in [4.69, 9.17) is 5.11 Å². The molecule has 0 saturated heterocycles. The largest absolute Gasteiger partial charge is 0.465 e. The van der Waals surface area contributed by atoms with Crippen molar-refractivity contribution in [3.63, 3.8) is 0 Å². The third-order valence-electron chi connectivity index (χ3n) is 3.30. The number of amides is 3. The molecular formula is C11H19N3O3. The molecule has 2 aliphatic carbocycles. The average molecular weight is 241 g/mol. The molecule has 17 heavy (non-hydrogen) atoms. The third-order valence-corrected chi connectivity index (χ3v) is 3.30. The zero-order chi connectivity index (χ0) is 12.3. The minimum atomic E-state index is -0.965. The van der Waals surface area contributed by atoms with Crippen LogP contribution in [-0.4, -0.2) is 35.4 Å². The summed E-state index contributed by atoms with van der Waals surface area (Å²) in [5.74, 6) is 0. The number of carboxylic acid groups (broad SMARTS) is 1. The first kappa shape index (κ1) is 12.0. The van der Waals surface area contributed by atoms with Crippen molar-refractivity contribution < 1.29 is 14.7 Å². The zero-order valence-corrected chi connectivity index (χ0v) is 9.74. The Labute approximate surface area is 100 Å². The van der Waals surface area contributed by atoms with E-state index in [0.717, 1.165) is 38.5 Å². The highest BCUT2D eigenvalue weighted by Crippen LogP contribution is 2.20. The van der Waals surface area contributed by atoms with Crippen molar-refractivity contribution >= 4 is 12.1 Å². The summed E-state index contributed by atoms with van der Waals surface area (Å²) in [4.78, 5) is 22.0. The molecule has 0 heterocycles. The molecule has 0 radical (unpaired) electrons. The van der Waals surface area contributed by atoms with Crippen LogP contribution in [0.4, 0.5) is 9.59 Å². The topological polar surface area (TPSA) is 90.5 Å². The summed E-state index contributed by atoms with van der Waals surface area (Å²) in [6.45, 7) is 0. The SMILES string of the molecule is O=C(O)NC1CCC(NC(=O)NC2CC2)CC1. The van der Waals surface area contributed by atoms with E-state index in [0.29, 0.717) is 6.04 Å². The molecular weight excluding hydrogens is 222 g/mol. The van der Waals surface area contributed by atoms with Gasteiger partial charge < -0.3 is 21.1 Å². The number of urea groups is 1. The van der Waals surface area contributed by atoms with E-state index in [1.807, 2.05) is 0 Å². The number of carbonyl (C=O) groups is 2. The van der Waals surface area contributed by atoms with E-state index in [1.165, 1.54) is 0 Å². The fourth-order valence-corrected chi connectivity index (χ4v) is 2.20. The van der Waals surface area contributed by atoms with Crippen LogP contribution >= 0.6 is 0 Å². The maximum atomic E-state index is 11.5. The molecule has 3 amide bonds. The van der Waals surface area contributed by atoms with Crippen molar-refractivity contribution in [1.82, 2.24) is 16.0 Å². The summed E-state index contributed by atoms with van der Waals surface area (Å²) in [5.41, 5.74) is 0. The second kappa shape index (κ2) is 5.25. The van der Waals surface area contributed by atoms with Crippen LogP contribution in [-0.2, 0) is 0 Å². The van der Waals surface area contributed by atoms with Gasteiger partial charge in [0.05, 0.1) is 0 Å². The molecule has 0 aromatic carbocycles. The van der Waals surface area contributed by atoms with Gasteiger partial charge in [0, 0.05) is 18.1 Å². The maximum Gasteiger partial charge on any atom is 0.404 e. The van der Waals surface area contributed by atoms with E-state index >= 15 is 0 Å². The minimum Gasteiger partial charge on any atom is -0.465 e. The lowest BCUT2D eigenvalue weighted by Crippen LogP contribution is -2.47.